The van der Waals surface area contributed by atoms with Crippen LogP contribution in [0.25, 0.3) is 0 Å². The zero-order chi connectivity index (χ0) is 19.5. The maximum Gasteiger partial charge on any atom is 0.508 e. The van der Waals surface area contributed by atoms with Gasteiger partial charge in [0.05, 0.1) is 18.1 Å². The van der Waals surface area contributed by atoms with Crippen LogP contribution >= 0.6 is 10.0 Å². The predicted octanol–water partition coefficient (Wildman–Crippen LogP) is 0.571. The van der Waals surface area contributed by atoms with Crippen LogP contribution in [-0.4, -0.2) is 79.1 Å². The molecule has 2 heterocycles. The molecule has 1 fully saturated rings. The molecule has 8 nitrogen and oxygen atoms in total. The number of carbonyl (C=O) groups excluding carboxylic acids is 3. The van der Waals surface area contributed by atoms with Crippen molar-refractivity contribution in [1.82, 2.24) is 5.32 Å². The van der Waals surface area contributed by atoms with Gasteiger partial charge in [-0.2, -0.15) is 0 Å². The maximum atomic E-state index is 12.0. The Labute approximate surface area is 154 Å². The summed E-state index contributed by atoms with van der Waals surface area (Å²) in [6.07, 6.45) is 5.14. The molecule has 0 radical (unpaired) electrons. The lowest BCUT2D eigenvalue weighted by Gasteiger charge is -2.24. The van der Waals surface area contributed by atoms with Gasteiger partial charge in [-0.05, 0) is 25.7 Å². The zero-order valence-electron chi connectivity index (χ0n) is 15.5. The maximum absolute atomic E-state index is 12.0. The molecule has 2 amide bonds. The second-order valence-electron chi connectivity index (χ2n) is 7.41. The predicted molar refractivity (Wildman–Crippen MR) is 97.2 cm³/mol. The standard InChI is InChI=1S/C17H27NO7S/c1-10-7-11(16(21)18-15(10)20)13-8-12(19)14(25-13)9-24-17(22)23-5-6-26(2,3)4/h7,11-14,19H,5-6,8-9H2,1-4H3,(H,18,20,21)/t11?,12-,13?,14+/m0/s1. The summed E-state index contributed by atoms with van der Waals surface area (Å²) in [5, 5.41) is 12.4. The molecule has 0 aliphatic carbocycles. The van der Waals surface area contributed by atoms with E-state index in [0.717, 1.165) is 5.75 Å². The second-order valence-corrected chi connectivity index (χ2v) is 12.0. The highest BCUT2D eigenvalue weighted by molar-refractivity contribution is 8.32. The Hall–Kier alpha value is -1.58. The van der Waals surface area contributed by atoms with Crippen LogP contribution in [0.1, 0.15) is 13.3 Å². The fraction of sp³-hybridized carbons (Fsp3) is 0.706. The molecule has 148 valence electrons. The number of carbonyl (C=O) groups is 3. The van der Waals surface area contributed by atoms with Crippen molar-refractivity contribution < 1.29 is 33.7 Å². The number of aliphatic hydroxyl groups excluding tert-OH is 1. The molecule has 0 bridgehead atoms. The van der Waals surface area contributed by atoms with Crippen LogP contribution in [-0.2, 0) is 23.8 Å². The number of nitrogens with one attached hydrogen (secondary N) is 1. The van der Waals surface area contributed by atoms with Gasteiger partial charge in [0.15, 0.2) is 0 Å². The van der Waals surface area contributed by atoms with Gasteiger partial charge < -0.3 is 19.3 Å². The van der Waals surface area contributed by atoms with Crippen LogP contribution in [0.2, 0.25) is 0 Å². The Balaban J connectivity index is 1.81. The van der Waals surface area contributed by atoms with Gasteiger partial charge >= 0.3 is 6.16 Å². The molecule has 9 heteroatoms. The Bertz CT molecular complexity index is 598. The largest absolute Gasteiger partial charge is 0.508 e. The fourth-order valence-corrected chi connectivity index (χ4v) is 3.28. The van der Waals surface area contributed by atoms with E-state index in [9.17, 15) is 19.5 Å². The van der Waals surface area contributed by atoms with E-state index < -0.39 is 52.2 Å². The summed E-state index contributed by atoms with van der Waals surface area (Å²) >= 11 is 0. The van der Waals surface area contributed by atoms with Crippen LogP contribution in [0, 0.1) is 5.92 Å². The van der Waals surface area contributed by atoms with Gasteiger partial charge in [-0.1, -0.05) is 6.08 Å². The molecule has 0 saturated carbocycles. The summed E-state index contributed by atoms with van der Waals surface area (Å²) in [7, 11) is -0.757. The van der Waals surface area contributed by atoms with E-state index in [-0.39, 0.29) is 19.6 Å². The van der Waals surface area contributed by atoms with Crippen molar-refractivity contribution in [1.29, 1.82) is 0 Å². The number of ether oxygens (including phenoxy) is 3. The van der Waals surface area contributed by atoms with E-state index in [1.807, 2.05) is 0 Å². The van der Waals surface area contributed by atoms with E-state index in [4.69, 9.17) is 14.2 Å². The molecule has 2 aliphatic heterocycles. The highest BCUT2D eigenvalue weighted by Gasteiger charge is 2.42. The smallest absolute Gasteiger partial charge is 0.433 e. The summed E-state index contributed by atoms with van der Waals surface area (Å²) < 4.78 is 15.7. The fourth-order valence-electron chi connectivity index (χ4n) is 2.70. The average molecular weight is 389 g/mol. The lowest BCUT2D eigenvalue weighted by Crippen LogP contribution is -2.44. The van der Waals surface area contributed by atoms with E-state index in [2.05, 4.69) is 24.1 Å². The molecular weight excluding hydrogens is 362 g/mol. The number of imide groups is 1. The Morgan fingerprint density at radius 3 is 2.69 bits per heavy atom. The van der Waals surface area contributed by atoms with Crippen molar-refractivity contribution >= 4 is 28.0 Å². The Morgan fingerprint density at radius 2 is 2.04 bits per heavy atom. The normalized spacial score (nSPS) is 29.8. The van der Waals surface area contributed by atoms with Crippen LogP contribution in [0.3, 0.4) is 0 Å². The molecule has 26 heavy (non-hydrogen) atoms. The minimum Gasteiger partial charge on any atom is -0.433 e. The summed E-state index contributed by atoms with van der Waals surface area (Å²) in [6, 6.07) is 0. The number of rotatable bonds is 6. The summed E-state index contributed by atoms with van der Waals surface area (Å²) in [4.78, 5) is 35.1. The first-order valence-corrected chi connectivity index (χ1v) is 11.4. The number of hydrogen-bond donors (Lipinski definition) is 2. The molecule has 4 atom stereocenters. The summed E-state index contributed by atoms with van der Waals surface area (Å²) in [5.74, 6) is -0.754. The van der Waals surface area contributed by atoms with Crippen molar-refractivity contribution in [2.24, 2.45) is 5.92 Å². The molecular formula is C17H27NO7S. The molecule has 2 aliphatic rings. The second kappa shape index (κ2) is 8.41. The lowest BCUT2D eigenvalue weighted by molar-refractivity contribution is -0.135. The van der Waals surface area contributed by atoms with Gasteiger partial charge in [0, 0.05) is 17.7 Å². The third-order valence-corrected chi connectivity index (χ3v) is 5.65. The Kier molecular flexibility index (Phi) is 6.70. The highest BCUT2D eigenvalue weighted by atomic mass is 32.3. The van der Waals surface area contributed by atoms with Crippen LogP contribution < -0.4 is 5.32 Å². The molecule has 0 spiro atoms. The number of amides is 2. The van der Waals surface area contributed by atoms with Crippen molar-refractivity contribution in [3.63, 3.8) is 0 Å². The van der Waals surface area contributed by atoms with E-state index >= 15 is 0 Å². The van der Waals surface area contributed by atoms with E-state index in [1.54, 1.807) is 13.0 Å². The van der Waals surface area contributed by atoms with E-state index in [1.165, 1.54) is 0 Å². The zero-order valence-corrected chi connectivity index (χ0v) is 16.3. The van der Waals surface area contributed by atoms with Crippen LogP contribution in [0.5, 0.6) is 0 Å². The van der Waals surface area contributed by atoms with Gasteiger partial charge in [-0.3, -0.25) is 14.9 Å². The van der Waals surface area contributed by atoms with Gasteiger partial charge in [0.2, 0.25) is 5.91 Å². The number of aliphatic hydroxyl groups is 1. The minimum absolute atomic E-state index is 0.158. The van der Waals surface area contributed by atoms with Gasteiger partial charge in [-0.25, -0.2) is 14.8 Å². The molecule has 0 aromatic rings. The van der Waals surface area contributed by atoms with Crippen molar-refractivity contribution in [3.8, 4) is 0 Å². The summed E-state index contributed by atoms with van der Waals surface area (Å²) in [6.45, 7) is 1.74. The molecule has 2 rings (SSSR count). The van der Waals surface area contributed by atoms with Gasteiger partial charge in [0.25, 0.3) is 5.91 Å². The lowest BCUT2D eigenvalue weighted by atomic mass is 9.93. The highest BCUT2D eigenvalue weighted by Crippen LogP contribution is 2.33. The quantitative estimate of drug-likeness (QED) is 0.505. The van der Waals surface area contributed by atoms with Crippen molar-refractivity contribution in [2.75, 3.05) is 37.7 Å². The first kappa shape index (κ1) is 20.7. The summed E-state index contributed by atoms with van der Waals surface area (Å²) in [5.41, 5.74) is 0.428. The topological polar surface area (TPSA) is 111 Å². The van der Waals surface area contributed by atoms with Gasteiger partial charge in [0.1, 0.15) is 19.3 Å². The van der Waals surface area contributed by atoms with Crippen molar-refractivity contribution in [3.05, 3.63) is 11.6 Å². The van der Waals surface area contributed by atoms with Gasteiger partial charge in [-0.15, -0.1) is 0 Å². The van der Waals surface area contributed by atoms with E-state index in [0.29, 0.717) is 5.57 Å². The first-order chi connectivity index (χ1) is 12.1. The third kappa shape index (κ3) is 5.72. The molecule has 2 N–H and O–H groups in total. The molecule has 0 aromatic heterocycles. The third-order valence-electron chi connectivity index (χ3n) is 4.26. The molecule has 1 saturated heterocycles. The van der Waals surface area contributed by atoms with Crippen LogP contribution in [0.15, 0.2) is 11.6 Å². The monoisotopic (exact) mass is 389 g/mol. The minimum atomic E-state index is -0.869. The van der Waals surface area contributed by atoms with Crippen LogP contribution in [0.4, 0.5) is 4.79 Å². The molecule has 2 unspecified atom stereocenters. The number of hydrogen-bond acceptors (Lipinski definition) is 7. The average Bonchev–Trinajstić information content (AvgIpc) is 2.88. The first-order valence-electron chi connectivity index (χ1n) is 8.39. The Morgan fingerprint density at radius 1 is 1.35 bits per heavy atom. The van der Waals surface area contributed by atoms with Crippen molar-refractivity contribution in [2.45, 2.75) is 31.7 Å². The molecule has 0 aromatic carbocycles. The SMILES string of the molecule is CC1=CC(C2C[C@H](O)[C@@H](COC(=O)OCCS(C)(C)C)O2)C(=O)NC1=O.